The minimum atomic E-state index is -0.555. The van der Waals surface area contributed by atoms with E-state index in [0.29, 0.717) is 26.7 Å². The smallest absolute Gasteiger partial charge is 0.233 e. The Morgan fingerprint density at radius 3 is 2.47 bits per heavy atom. The van der Waals surface area contributed by atoms with Crippen LogP contribution in [-0.2, 0) is 19.2 Å². The van der Waals surface area contributed by atoms with Gasteiger partial charge in [-0.15, -0.1) is 0 Å². The van der Waals surface area contributed by atoms with Gasteiger partial charge in [0.15, 0.2) is 23.1 Å². The summed E-state index contributed by atoms with van der Waals surface area (Å²) in [5, 5.41) is 10.5. The second-order valence-electron chi connectivity index (χ2n) is 11.1. The lowest BCUT2D eigenvalue weighted by Gasteiger charge is -2.42. The summed E-state index contributed by atoms with van der Waals surface area (Å²) < 4.78 is 5.98. The van der Waals surface area contributed by atoms with Gasteiger partial charge in [0.05, 0.1) is 22.5 Å². The lowest BCUT2D eigenvalue weighted by atomic mass is 9.59. The van der Waals surface area contributed by atoms with Crippen molar-refractivity contribution in [3.8, 4) is 11.5 Å². The summed E-state index contributed by atoms with van der Waals surface area (Å²) in [6.45, 7) is 1.65. The van der Waals surface area contributed by atoms with Crippen LogP contribution in [0.3, 0.4) is 0 Å². The van der Waals surface area contributed by atoms with Crippen LogP contribution >= 0.6 is 22.6 Å². The van der Waals surface area contributed by atoms with E-state index in [4.69, 9.17) is 4.74 Å². The molecule has 1 saturated heterocycles. The van der Waals surface area contributed by atoms with Crippen molar-refractivity contribution in [1.82, 2.24) is 4.90 Å². The summed E-state index contributed by atoms with van der Waals surface area (Å²) in [6.07, 6.45) is 9.02. The van der Waals surface area contributed by atoms with Gasteiger partial charge >= 0.3 is 0 Å². The van der Waals surface area contributed by atoms with Gasteiger partial charge in [-0.1, -0.05) is 30.9 Å². The highest BCUT2D eigenvalue weighted by molar-refractivity contribution is 14.1. The molecule has 0 radical (unpaired) electrons. The first-order valence-electron chi connectivity index (χ1n) is 13.4. The van der Waals surface area contributed by atoms with Crippen molar-refractivity contribution < 1.29 is 29.0 Å². The number of rotatable bonds is 3. The summed E-state index contributed by atoms with van der Waals surface area (Å²) in [5.74, 6) is -2.15. The quantitative estimate of drug-likeness (QED) is 0.225. The molecule has 2 amide bonds. The first kappa shape index (κ1) is 25.5. The largest absolute Gasteiger partial charge is 0.504 e. The second kappa shape index (κ2) is 9.47. The third-order valence-corrected chi connectivity index (χ3v) is 9.96. The SMILES string of the molecule is COc1cc([C@H]2C3=CC[C@@H]4C(=O)N(C5CCCCC5)C(=O)[C@@H]4[C@@H]3CC3=C2C(=O)C=C(C)C3=O)cc(I)c1O. The number of amides is 2. The molecule has 1 heterocycles. The summed E-state index contributed by atoms with van der Waals surface area (Å²) in [4.78, 5) is 55.9. The lowest BCUT2D eigenvalue weighted by Crippen LogP contribution is -2.43. The molecule has 8 heteroatoms. The second-order valence-corrected chi connectivity index (χ2v) is 12.3. The summed E-state index contributed by atoms with van der Waals surface area (Å²) >= 11 is 2.03. The van der Waals surface area contributed by atoms with Gasteiger partial charge in [-0.25, -0.2) is 0 Å². The zero-order chi connectivity index (χ0) is 26.9. The molecule has 2 fully saturated rings. The van der Waals surface area contributed by atoms with Gasteiger partial charge in [-0.3, -0.25) is 24.1 Å². The van der Waals surface area contributed by atoms with Gasteiger partial charge in [-0.2, -0.15) is 0 Å². The van der Waals surface area contributed by atoms with Gasteiger partial charge in [-0.05, 0) is 84.9 Å². The minimum Gasteiger partial charge on any atom is -0.504 e. The molecule has 1 aromatic rings. The van der Waals surface area contributed by atoms with E-state index < -0.39 is 17.8 Å². The number of carbonyl (C=O) groups is 4. The van der Waals surface area contributed by atoms with Crippen molar-refractivity contribution in [2.24, 2.45) is 17.8 Å². The van der Waals surface area contributed by atoms with Crippen molar-refractivity contribution >= 4 is 46.0 Å². The number of imide groups is 1. The Morgan fingerprint density at radius 1 is 1.03 bits per heavy atom. The number of Topliss-reactive ketones (excluding diaryl/α,β-unsaturated/α-hetero) is 1. The molecule has 198 valence electrons. The molecule has 0 spiro atoms. The molecule has 5 aliphatic rings. The molecule has 1 N–H and O–H groups in total. The Bertz CT molecular complexity index is 1380. The van der Waals surface area contributed by atoms with Crippen LogP contribution in [0.25, 0.3) is 0 Å². The van der Waals surface area contributed by atoms with Gasteiger partial charge in [0.1, 0.15) is 0 Å². The third-order valence-electron chi connectivity index (χ3n) is 9.14. The van der Waals surface area contributed by atoms with E-state index in [1.54, 1.807) is 17.9 Å². The van der Waals surface area contributed by atoms with E-state index >= 15 is 0 Å². The van der Waals surface area contributed by atoms with Crippen molar-refractivity contribution in [3.05, 3.63) is 55.7 Å². The number of aromatic hydroxyl groups is 1. The Morgan fingerprint density at radius 2 is 1.76 bits per heavy atom. The van der Waals surface area contributed by atoms with Gasteiger partial charge < -0.3 is 9.84 Å². The number of methoxy groups -OCH3 is 1. The molecule has 1 aliphatic heterocycles. The number of hydrogen-bond acceptors (Lipinski definition) is 6. The van der Waals surface area contributed by atoms with Crippen LogP contribution in [0.1, 0.15) is 63.4 Å². The molecule has 38 heavy (non-hydrogen) atoms. The number of hydrogen-bond donors (Lipinski definition) is 1. The molecular formula is C30H30INO6. The summed E-state index contributed by atoms with van der Waals surface area (Å²) in [6, 6.07) is 3.47. The lowest BCUT2D eigenvalue weighted by molar-refractivity contribution is -0.143. The topological polar surface area (TPSA) is 101 Å². The fraction of sp³-hybridized carbons (Fsp3) is 0.467. The molecule has 0 unspecified atom stereocenters. The normalized spacial score (nSPS) is 29.6. The number of ketones is 2. The van der Waals surface area contributed by atoms with Crippen LogP contribution in [-0.4, -0.2) is 46.5 Å². The number of nitrogens with zero attached hydrogens (tertiary/aromatic N) is 1. The summed E-state index contributed by atoms with van der Waals surface area (Å²) in [7, 11) is 1.47. The molecule has 4 aliphatic carbocycles. The predicted molar refractivity (Wildman–Crippen MR) is 147 cm³/mol. The Labute approximate surface area is 235 Å². The fourth-order valence-corrected chi connectivity index (χ4v) is 8.03. The Kier molecular flexibility index (Phi) is 6.36. The number of benzene rings is 1. The third kappa shape index (κ3) is 3.73. The van der Waals surface area contributed by atoms with Crippen LogP contribution in [0.5, 0.6) is 11.5 Å². The number of allylic oxidation sites excluding steroid dienone is 6. The number of fused-ring (bicyclic) bond motifs is 3. The number of halogens is 1. The van der Waals surface area contributed by atoms with Crippen LogP contribution in [0.2, 0.25) is 0 Å². The highest BCUT2D eigenvalue weighted by Gasteiger charge is 2.57. The van der Waals surface area contributed by atoms with Gasteiger partial charge in [0.2, 0.25) is 11.8 Å². The molecule has 6 rings (SSSR count). The number of carbonyl (C=O) groups excluding carboxylic acids is 4. The molecule has 1 aromatic carbocycles. The van der Waals surface area contributed by atoms with Crippen LogP contribution in [0, 0.1) is 21.3 Å². The molecular weight excluding hydrogens is 597 g/mol. The fourth-order valence-electron chi connectivity index (χ4n) is 7.40. The standard InChI is InChI=1S/C30H30INO6/c1-14-10-22(33)26-20(27(14)34)13-19-17(24(26)15-11-21(31)28(35)23(12-15)38-2)8-9-18-25(19)30(37)32(29(18)36)16-6-4-3-5-7-16/h8,10-12,16,18-19,24-25,35H,3-7,9,13H2,1-2H3/t18-,19+,24-,25-/m0/s1. The average molecular weight is 627 g/mol. The number of phenolic OH excluding ortho intramolecular Hbond substituents is 1. The molecule has 4 atom stereocenters. The van der Waals surface area contributed by atoms with Gasteiger partial charge in [0.25, 0.3) is 0 Å². The number of likely N-dealkylation sites (tertiary alicyclic amines) is 1. The zero-order valence-corrected chi connectivity index (χ0v) is 23.6. The van der Waals surface area contributed by atoms with E-state index in [9.17, 15) is 24.3 Å². The van der Waals surface area contributed by atoms with E-state index in [2.05, 4.69) is 0 Å². The van der Waals surface area contributed by atoms with Gasteiger partial charge in [0, 0.05) is 28.7 Å². The number of ether oxygens (including phenoxy) is 1. The Hall–Kier alpha value is -2.75. The Balaban J connectivity index is 1.49. The molecule has 1 saturated carbocycles. The molecule has 0 aromatic heterocycles. The minimum absolute atomic E-state index is 0.0116. The van der Waals surface area contributed by atoms with Crippen molar-refractivity contribution in [3.63, 3.8) is 0 Å². The van der Waals surface area contributed by atoms with Crippen molar-refractivity contribution in [2.75, 3.05) is 7.11 Å². The van der Waals surface area contributed by atoms with Crippen LogP contribution in [0.4, 0.5) is 0 Å². The van der Waals surface area contributed by atoms with Crippen molar-refractivity contribution in [1.29, 1.82) is 0 Å². The first-order chi connectivity index (χ1) is 18.2. The molecule has 7 nitrogen and oxygen atoms in total. The average Bonchev–Trinajstić information content (AvgIpc) is 3.17. The van der Waals surface area contributed by atoms with Crippen molar-refractivity contribution in [2.45, 2.75) is 63.8 Å². The first-order valence-corrected chi connectivity index (χ1v) is 14.4. The van der Waals surface area contributed by atoms with E-state index in [1.165, 1.54) is 13.2 Å². The predicted octanol–water partition coefficient (Wildman–Crippen LogP) is 4.77. The maximum Gasteiger partial charge on any atom is 0.233 e. The summed E-state index contributed by atoms with van der Waals surface area (Å²) in [5.41, 5.74) is 2.91. The highest BCUT2D eigenvalue weighted by atomic mass is 127. The maximum absolute atomic E-state index is 14.0. The van der Waals surface area contributed by atoms with E-state index in [1.807, 2.05) is 34.7 Å². The monoisotopic (exact) mass is 627 g/mol. The van der Waals surface area contributed by atoms with Crippen LogP contribution in [0.15, 0.2) is 46.6 Å². The van der Waals surface area contributed by atoms with Crippen LogP contribution < -0.4 is 4.74 Å². The van der Waals surface area contributed by atoms with E-state index in [0.717, 1.165) is 43.2 Å². The maximum atomic E-state index is 14.0. The molecule has 0 bridgehead atoms. The van der Waals surface area contributed by atoms with E-state index in [-0.39, 0.29) is 53.3 Å². The highest BCUT2D eigenvalue weighted by Crippen LogP contribution is 2.56. The zero-order valence-electron chi connectivity index (χ0n) is 21.5. The number of phenols is 1.